The normalized spacial score (nSPS) is 18.1. The Morgan fingerprint density at radius 2 is 0.850 bits per heavy atom. The Hall–Kier alpha value is -1.56. The molecule has 12 heteroatoms. The maximum absolute atomic E-state index is 11.5. The largest absolute Gasteiger partial charge is 0.479 e. The van der Waals surface area contributed by atoms with E-state index in [1.54, 1.807) is 0 Å². The lowest BCUT2D eigenvalue weighted by atomic mass is 10.1. The fourth-order valence-electron chi connectivity index (χ4n) is 0.243. The third-order valence-corrected chi connectivity index (χ3v) is 1.94. The minimum absolute atomic E-state index is 0.176. The topological polar surface area (TPSA) is 115 Å². The molecule has 0 spiro atoms. The van der Waals surface area contributed by atoms with Gasteiger partial charge in [-0.05, 0) is 13.8 Å². The van der Waals surface area contributed by atoms with Crippen LogP contribution in [0.15, 0.2) is 0 Å². The number of hydrogen-bond acceptors (Lipinski definition) is 4. The van der Waals surface area contributed by atoms with Gasteiger partial charge in [0, 0.05) is 0 Å². The maximum atomic E-state index is 11.5. The summed E-state index contributed by atoms with van der Waals surface area (Å²) in [4.78, 5) is 19.4. The highest BCUT2D eigenvalue weighted by Crippen LogP contribution is 2.30. The second-order valence-electron chi connectivity index (χ2n) is 3.75. The highest BCUT2D eigenvalue weighted by molar-refractivity contribution is 5.78. The molecular weight excluding hydrogens is 306 g/mol. The molecule has 0 heterocycles. The van der Waals surface area contributed by atoms with E-state index in [9.17, 15) is 35.9 Å². The summed E-state index contributed by atoms with van der Waals surface area (Å²) in [6.07, 6.45) is -10.3. The molecule has 4 N–H and O–H groups in total. The highest BCUT2D eigenvalue weighted by atomic mass is 19.4. The first-order valence-corrected chi connectivity index (χ1v) is 4.44. The fraction of sp³-hybridized carbons (Fsp3) is 0.750. The Morgan fingerprint density at radius 3 is 0.850 bits per heavy atom. The van der Waals surface area contributed by atoms with Crippen molar-refractivity contribution in [3.63, 3.8) is 0 Å². The van der Waals surface area contributed by atoms with Crippen LogP contribution in [0.3, 0.4) is 0 Å². The van der Waals surface area contributed by atoms with Gasteiger partial charge in [-0.3, -0.25) is 0 Å². The third-order valence-electron chi connectivity index (χ3n) is 1.94. The van der Waals surface area contributed by atoms with Crippen LogP contribution >= 0.6 is 0 Å². The Labute approximate surface area is 107 Å². The van der Waals surface area contributed by atoms with Gasteiger partial charge in [-0.1, -0.05) is 0 Å². The SMILES string of the molecule is C[C@](O)(C(=O)O)C(F)(F)F.C[C@](O)(C(=O)O)C(F)(F)F. The van der Waals surface area contributed by atoms with Crippen molar-refractivity contribution in [3.05, 3.63) is 0 Å². The van der Waals surface area contributed by atoms with Crippen LogP contribution in [0.1, 0.15) is 13.8 Å². The van der Waals surface area contributed by atoms with E-state index in [-0.39, 0.29) is 13.8 Å². The molecule has 2 atom stereocenters. The van der Waals surface area contributed by atoms with Crippen molar-refractivity contribution in [2.45, 2.75) is 37.4 Å². The number of aliphatic carboxylic acids is 2. The first kappa shape index (κ1) is 20.8. The van der Waals surface area contributed by atoms with Crippen LogP contribution < -0.4 is 0 Å². The summed E-state index contributed by atoms with van der Waals surface area (Å²) in [6, 6.07) is 0. The Kier molecular flexibility index (Phi) is 6.05. The third kappa shape index (κ3) is 4.85. The number of alkyl halides is 6. The number of carboxylic acid groups (broad SMARTS) is 2. The minimum Gasteiger partial charge on any atom is -0.479 e. The zero-order chi connectivity index (χ0) is 17.2. The van der Waals surface area contributed by atoms with Crippen molar-refractivity contribution in [1.29, 1.82) is 0 Å². The molecule has 0 bridgehead atoms. The predicted molar refractivity (Wildman–Crippen MR) is 48.6 cm³/mol. The van der Waals surface area contributed by atoms with Crippen molar-refractivity contribution in [2.24, 2.45) is 0 Å². The van der Waals surface area contributed by atoms with Gasteiger partial charge in [0.25, 0.3) is 11.2 Å². The summed E-state index contributed by atoms with van der Waals surface area (Å²) in [5, 5.41) is 32.0. The number of aliphatic hydroxyl groups is 2. The number of carboxylic acids is 2. The lowest BCUT2D eigenvalue weighted by Crippen LogP contribution is -2.49. The lowest BCUT2D eigenvalue weighted by Gasteiger charge is -2.20. The molecule has 0 fully saturated rings. The monoisotopic (exact) mass is 316 g/mol. The van der Waals surface area contributed by atoms with Crippen LogP contribution in [0.25, 0.3) is 0 Å². The average molecular weight is 316 g/mol. The molecule has 0 aliphatic heterocycles. The number of halogens is 6. The second-order valence-corrected chi connectivity index (χ2v) is 3.75. The van der Waals surface area contributed by atoms with E-state index in [0.29, 0.717) is 0 Å². The van der Waals surface area contributed by atoms with E-state index in [2.05, 4.69) is 0 Å². The van der Waals surface area contributed by atoms with Crippen molar-refractivity contribution in [2.75, 3.05) is 0 Å². The summed E-state index contributed by atoms with van der Waals surface area (Å²) in [7, 11) is 0. The van der Waals surface area contributed by atoms with Gasteiger partial charge in [0.2, 0.25) is 0 Å². The van der Waals surface area contributed by atoms with E-state index in [4.69, 9.17) is 20.4 Å². The van der Waals surface area contributed by atoms with Gasteiger partial charge in [0.1, 0.15) is 0 Å². The van der Waals surface area contributed by atoms with Crippen LogP contribution in [0.4, 0.5) is 26.3 Å². The molecule has 120 valence electrons. The molecule has 0 aromatic rings. The van der Waals surface area contributed by atoms with E-state index in [1.165, 1.54) is 0 Å². The zero-order valence-corrected chi connectivity index (χ0v) is 9.87. The molecule has 0 saturated carbocycles. The van der Waals surface area contributed by atoms with Crippen LogP contribution in [0.5, 0.6) is 0 Å². The van der Waals surface area contributed by atoms with Gasteiger partial charge < -0.3 is 20.4 Å². The quantitative estimate of drug-likeness (QED) is 0.559. The van der Waals surface area contributed by atoms with Gasteiger partial charge in [-0.15, -0.1) is 0 Å². The van der Waals surface area contributed by atoms with E-state index < -0.39 is 35.5 Å². The first-order valence-electron chi connectivity index (χ1n) is 4.44. The van der Waals surface area contributed by atoms with Crippen molar-refractivity contribution in [3.8, 4) is 0 Å². The lowest BCUT2D eigenvalue weighted by molar-refractivity contribution is -0.254. The number of carbonyl (C=O) groups is 2. The first-order chi connectivity index (χ1) is 8.39. The van der Waals surface area contributed by atoms with Crippen molar-refractivity contribution >= 4 is 11.9 Å². The average Bonchev–Trinajstić information content (AvgIpc) is 2.14. The van der Waals surface area contributed by atoms with E-state index in [1.807, 2.05) is 0 Å². The molecule has 0 aromatic carbocycles. The number of rotatable bonds is 2. The molecular formula is C8H10F6O6. The molecule has 0 aliphatic carbocycles. The standard InChI is InChI=1S/2C4H5F3O3/c2*1-3(10,2(8)9)4(5,6)7/h2*10H,1H3,(H,8,9)/t2*3-/m00/s1. The maximum Gasteiger partial charge on any atom is 0.427 e. The van der Waals surface area contributed by atoms with Gasteiger partial charge in [0.05, 0.1) is 0 Å². The van der Waals surface area contributed by atoms with Crippen LogP contribution in [-0.2, 0) is 9.59 Å². The molecule has 0 radical (unpaired) electrons. The van der Waals surface area contributed by atoms with Crippen molar-refractivity contribution in [1.82, 2.24) is 0 Å². The molecule has 20 heavy (non-hydrogen) atoms. The molecule has 0 unspecified atom stereocenters. The smallest absolute Gasteiger partial charge is 0.427 e. The Morgan fingerprint density at radius 1 is 0.700 bits per heavy atom. The Balaban J connectivity index is 0. The van der Waals surface area contributed by atoms with Gasteiger partial charge >= 0.3 is 24.3 Å². The highest BCUT2D eigenvalue weighted by Gasteiger charge is 2.56. The fourth-order valence-corrected chi connectivity index (χ4v) is 0.243. The molecule has 0 saturated heterocycles. The number of hydrogen-bond donors (Lipinski definition) is 4. The van der Waals surface area contributed by atoms with Gasteiger partial charge in [-0.2, -0.15) is 26.3 Å². The molecule has 6 nitrogen and oxygen atoms in total. The molecule has 0 aromatic heterocycles. The summed E-state index contributed by atoms with van der Waals surface area (Å²) < 4.78 is 68.7. The summed E-state index contributed by atoms with van der Waals surface area (Å²) >= 11 is 0. The van der Waals surface area contributed by atoms with Crippen LogP contribution in [-0.4, -0.2) is 55.9 Å². The van der Waals surface area contributed by atoms with Crippen molar-refractivity contribution < 1.29 is 56.4 Å². The Bertz CT molecular complexity index is 333. The summed E-state index contributed by atoms with van der Waals surface area (Å²) in [5.41, 5.74) is -7.29. The molecule has 0 amide bonds. The van der Waals surface area contributed by atoms with E-state index in [0.717, 1.165) is 0 Å². The van der Waals surface area contributed by atoms with E-state index >= 15 is 0 Å². The van der Waals surface area contributed by atoms with Crippen LogP contribution in [0.2, 0.25) is 0 Å². The minimum atomic E-state index is -5.13. The summed E-state index contributed by atoms with van der Waals surface area (Å²) in [6.45, 7) is 0.352. The second kappa shape index (κ2) is 5.83. The van der Waals surface area contributed by atoms with Gasteiger partial charge in [-0.25, -0.2) is 9.59 Å². The van der Waals surface area contributed by atoms with Crippen LogP contribution in [0, 0.1) is 0 Å². The zero-order valence-electron chi connectivity index (χ0n) is 9.87. The molecule has 0 aliphatic rings. The summed E-state index contributed by atoms with van der Waals surface area (Å²) in [5.74, 6) is -4.61. The molecule has 0 rings (SSSR count). The predicted octanol–water partition coefficient (Wildman–Crippen LogP) is 0.769. The van der Waals surface area contributed by atoms with Gasteiger partial charge in [0.15, 0.2) is 0 Å².